The van der Waals surface area contributed by atoms with E-state index in [0.29, 0.717) is 18.7 Å². The van der Waals surface area contributed by atoms with Crippen molar-refractivity contribution in [1.29, 1.82) is 0 Å². The fourth-order valence-corrected chi connectivity index (χ4v) is 3.73. The molecule has 0 spiro atoms. The van der Waals surface area contributed by atoms with Gasteiger partial charge in [-0.25, -0.2) is 0 Å². The molecule has 1 aliphatic carbocycles. The van der Waals surface area contributed by atoms with E-state index >= 15 is 0 Å². The monoisotopic (exact) mass is 318 g/mol. The molecule has 1 aromatic heterocycles. The lowest BCUT2D eigenvalue weighted by Crippen LogP contribution is -2.57. The number of rotatable bonds is 4. The topological polar surface area (TPSA) is 67.2 Å². The molecule has 3 rings (SSSR count). The number of nitrogens with zero attached hydrogens (tertiary/aromatic N) is 3. The average Bonchev–Trinajstić information content (AvgIpc) is 3.27. The molecule has 1 aliphatic heterocycles. The Hall–Kier alpha value is -1.85. The summed E-state index contributed by atoms with van der Waals surface area (Å²) in [6, 6.07) is 2.01. The van der Waals surface area contributed by atoms with Crippen molar-refractivity contribution in [1.82, 2.24) is 20.0 Å². The van der Waals surface area contributed by atoms with Crippen molar-refractivity contribution in [2.45, 2.75) is 70.5 Å². The highest BCUT2D eigenvalue weighted by Crippen LogP contribution is 2.31. The van der Waals surface area contributed by atoms with Crippen LogP contribution in [0.25, 0.3) is 0 Å². The highest BCUT2D eigenvalue weighted by Gasteiger charge is 2.46. The molecule has 2 amide bonds. The molecule has 0 radical (unpaired) electrons. The lowest BCUT2D eigenvalue weighted by Gasteiger charge is -2.34. The van der Waals surface area contributed by atoms with E-state index in [4.69, 9.17) is 0 Å². The second kappa shape index (κ2) is 6.34. The first-order valence-corrected chi connectivity index (χ1v) is 8.71. The van der Waals surface area contributed by atoms with Gasteiger partial charge in [-0.15, -0.1) is 0 Å². The Bertz CT molecular complexity index is 591. The van der Waals surface area contributed by atoms with Gasteiger partial charge >= 0.3 is 0 Å². The molecule has 2 fully saturated rings. The lowest BCUT2D eigenvalue weighted by molar-refractivity contribution is -0.130. The molecule has 0 bridgehead atoms. The largest absolute Gasteiger partial charge is 0.351 e. The zero-order chi connectivity index (χ0) is 16.4. The van der Waals surface area contributed by atoms with Gasteiger partial charge < -0.3 is 10.2 Å². The minimum absolute atomic E-state index is 0.00910. The summed E-state index contributed by atoms with van der Waals surface area (Å²) in [4.78, 5) is 27.3. The highest BCUT2D eigenvalue weighted by molar-refractivity contribution is 5.98. The van der Waals surface area contributed by atoms with Crippen molar-refractivity contribution in [2.75, 3.05) is 6.54 Å². The van der Waals surface area contributed by atoms with Gasteiger partial charge in [0.05, 0.1) is 0 Å². The van der Waals surface area contributed by atoms with Crippen molar-refractivity contribution in [2.24, 2.45) is 0 Å². The number of aromatic nitrogens is 2. The predicted molar refractivity (Wildman–Crippen MR) is 87.0 cm³/mol. The van der Waals surface area contributed by atoms with E-state index in [1.807, 2.05) is 13.8 Å². The maximum atomic E-state index is 12.8. The summed E-state index contributed by atoms with van der Waals surface area (Å²) in [6.45, 7) is 5.22. The van der Waals surface area contributed by atoms with Crippen molar-refractivity contribution >= 4 is 11.8 Å². The molecule has 2 heterocycles. The molecule has 1 saturated heterocycles. The molecule has 0 aromatic carbocycles. The van der Waals surface area contributed by atoms with Crippen LogP contribution in [0.1, 0.15) is 62.9 Å². The number of aryl methyl sites for hydroxylation is 1. The summed E-state index contributed by atoms with van der Waals surface area (Å²) in [5, 5.41) is 7.45. The van der Waals surface area contributed by atoms with E-state index in [0.717, 1.165) is 25.8 Å². The predicted octanol–water partition coefficient (Wildman–Crippen LogP) is 1.96. The van der Waals surface area contributed by atoms with Gasteiger partial charge in [-0.2, -0.15) is 5.10 Å². The standard InChI is InChI=1S/C17H26N4O2/c1-3-20-12-9-14(19-20)15(22)21-11-6-10-17(21,2)16(23)18-13-7-4-5-8-13/h9,12-13H,3-8,10-11H2,1-2H3,(H,18,23). The molecule has 126 valence electrons. The lowest BCUT2D eigenvalue weighted by atomic mass is 9.96. The average molecular weight is 318 g/mol. The minimum Gasteiger partial charge on any atom is -0.351 e. The first-order valence-electron chi connectivity index (χ1n) is 8.71. The molecule has 1 saturated carbocycles. The number of carbonyl (C=O) groups is 2. The zero-order valence-corrected chi connectivity index (χ0v) is 14.0. The summed E-state index contributed by atoms with van der Waals surface area (Å²) in [5.74, 6) is -0.149. The fraction of sp³-hybridized carbons (Fsp3) is 0.706. The Morgan fingerprint density at radius 3 is 2.74 bits per heavy atom. The first-order chi connectivity index (χ1) is 11.0. The van der Waals surface area contributed by atoms with Gasteiger partial charge in [-0.05, 0) is 45.6 Å². The number of amides is 2. The van der Waals surface area contributed by atoms with Crippen LogP contribution in [-0.4, -0.2) is 44.6 Å². The second-order valence-electron chi connectivity index (χ2n) is 6.85. The number of hydrogen-bond donors (Lipinski definition) is 1. The fourth-order valence-electron chi connectivity index (χ4n) is 3.73. The van der Waals surface area contributed by atoms with Crippen molar-refractivity contribution < 1.29 is 9.59 Å². The maximum Gasteiger partial charge on any atom is 0.275 e. The number of carbonyl (C=O) groups excluding carboxylic acids is 2. The summed E-state index contributed by atoms with van der Waals surface area (Å²) in [5.41, 5.74) is -0.330. The van der Waals surface area contributed by atoms with Gasteiger partial charge in [0, 0.05) is 25.3 Å². The van der Waals surface area contributed by atoms with Crippen LogP contribution in [-0.2, 0) is 11.3 Å². The van der Waals surface area contributed by atoms with Crippen LogP contribution >= 0.6 is 0 Å². The summed E-state index contributed by atoms with van der Waals surface area (Å²) < 4.78 is 1.74. The Kier molecular flexibility index (Phi) is 4.41. The summed E-state index contributed by atoms with van der Waals surface area (Å²) >= 11 is 0. The van der Waals surface area contributed by atoms with Crippen molar-refractivity contribution in [3.63, 3.8) is 0 Å². The SMILES string of the molecule is CCn1ccc(C(=O)N2CCCC2(C)C(=O)NC2CCCC2)n1. The Labute approximate surface area is 137 Å². The Balaban J connectivity index is 1.74. The quantitative estimate of drug-likeness (QED) is 0.923. The molecular formula is C17H26N4O2. The van der Waals surface area contributed by atoms with Crippen LogP contribution in [0.2, 0.25) is 0 Å². The molecular weight excluding hydrogens is 292 g/mol. The smallest absolute Gasteiger partial charge is 0.275 e. The van der Waals surface area contributed by atoms with Crippen LogP contribution in [0.15, 0.2) is 12.3 Å². The van der Waals surface area contributed by atoms with E-state index in [2.05, 4.69) is 10.4 Å². The number of hydrogen-bond acceptors (Lipinski definition) is 3. The van der Waals surface area contributed by atoms with Gasteiger partial charge in [0.15, 0.2) is 0 Å². The van der Waals surface area contributed by atoms with Crippen molar-refractivity contribution in [3.05, 3.63) is 18.0 Å². The molecule has 2 aliphatic rings. The van der Waals surface area contributed by atoms with E-state index in [1.165, 1.54) is 12.8 Å². The van der Waals surface area contributed by atoms with Crippen LogP contribution < -0.4 is 5.32 Å². The highest BCUT2D eigenvalue weighted by atomic mass is 16.2. The van der Waals surface area contributed by atoms with E-state index in [-0.39, 0.29) is 17.9 Å². The van der Waals surface area contributed by atoms with E-state index < -0.39 is 5.54 Å². The van der Waals surface area contributed by atoms with Gasteiger partial charge in [0.2, 0.25) is 5.91 Å². The molecule has 1 unspecified atom stereocenters. The van der Waals surface area contributed by atoms with Crippen LogP contribution in [0.4, 0.5) is 0 Å². The van der Waals surface area contributed by atoms with E-state index in [9.17, 15) is 9.59 Å². The normalized spacial score (nSPS) is 25.0. The third kappa shape index (κ3) is 2.99. The molecule has 23 heavy (non-hydrogen) atoms. The van der Waals surface area contributed by atoms with Crippen molar-refractivity contribution in [3.8, 4) is 0 Å². The van der Waals surface area contributed by atoms with Crippen LogP contribution in [0.5, 0.6) is 0 Å². The Morgan fingerprint density at radius 1 is 1.35 bits per heavy atom. The van der Waals surface area contributed by atoms with Crippen LogP contribution in [0, 0.1) is 0 Å². The third-order valence-corrected chi connectivity index (χ3v) is 5.25. The van der Waals surface area contributed by atoms with Gasteiger partial charge in [-0.1, -0.05) is 12.8 Å². The third-order valence-electron chi connectivity index (χ3n) is 5.25. The number of nitrogens with one attached hydrogen (secondary N) is 1. The Morgan fingerprint density at radius 2 is 2.09 bits per heavy atom. The first kappa shape index (κ1) is 16.0. The summed E-state index contributed by atoms with van der Waals surface area (Å²) in [7, 11) is 0. The molecule has 1 N–H and O–H groups in total. The zero-order valence-electron chi connectivity index (χ0n) is 14.0. The summed E-state index contributed by atoms with van der Waals surface area (Å²) in [6.07, 6.45) is 7.84. The second-order valence-corrected chi connectivity index (χ2v) is 6.85. The molecule has 6 heteroatoms. The minimum atomic E-state index is -0.754. The van der Waals surface area contributed by atoms with Gasteiger partial charge in [-0.3, -0.25) is 14.3 Å². The van der Waals surface area contributed by atoms with Gasteiger partial charge in [0.1, 0.15) is 11.2 Å². The van der Waals surface area contributed by atoms with Gasteiger partial charge in [0.25, 0.3) is 5.91 Å². The molecule has 1 aromatic rings. The van der Waals surface area contributed by atoms with Crippen LogP contribution in [0.3, 0.4) is 0 Å². The molecule has 6 nitrogen and oxygen atoms in total. The van der Waals surface area contributed by atoms with E-state index in [1.54, 1.807) is 21.8 Å². The number of likely N-dealkylation sites (tertiary alicyclic amines) is 1. The maximum absolute atomic E-state index is 12.8. The molecule has 1 atom stereocenters.